The van der Waals surface area contributed by atoms with Gasteiger partial charge in [-0.05, 0) is 22.3 Å². The molecule has 2 aliphatic heterocycles. The number of halogens is 1. The molecule has 1 aliphatic carbocycles. The predicted molar refractivity (Wildman–Crippen MR) is 96.9 cm³/mol. The van der Waals surface area contributed by atoms with Crippen molar-refractivity contribution in [3.8, 4) is 11.1 Å². The second-order valence-electron chi connectivity index (χ2n) is 7.43. The van der Waals surface area contributed by atoms with Crippen LogP contribution in [0.15, 0.2) is 48.5 Å². The third-order valence-corrected chi connectivity index (χ3v) is 6.07. The van der Waals surface area contributed by atoms with Crippen LogP contribution in [0.1, 0.15) is 23.5 Å². The minimum Gasteiger partial charge on any atom is -0.448 e. The van der Waals surface area contributed by atoms with E-state index in [1.165, 1.54) is 22.3 Å². The zero-order valence-electron chi connectivity index (χ0n) is 14.5. The molecule has 5 rings (SSSR count). The third kappa shape index (κ3) is 2.27. The lowest BCUT2D eigenvalue weighted by Gasteiger charge is -2.25. The Hall–Kier alpha value is -2.40. The molecule has 4 nitrogen and oxygen atoms in total. The highest BCUT2D eigenvalue weighted by atomic mass is 19.1. The standard InChI is InChI=1S/C21H21FN2O2/c22-21-9-10-24(19(21)11-23-13-21)20(25)26-12-18-16-7-3-1-5-14(16)15-6-2-4-8-17(15)18/h1-8,18-19,23H,9-13H2/t19-,21-/m0/s1. The molecule has 134 valence electrons. The third-order valence-electron chi connectivity index (χ3n) is 6.07. The number of amides is 1. The molecule has 2 saturated heterocycles. The van der Waals surface area contributed by atoms with E-state index in [2.05, 4.69) is 29.6 Å². The summed E-state index contributed by atoms with van der Waals surface area (Å²) in [6.07, 6.45) is -0.0189. The van der Waals surface area contributed by atoms with Crippen LogP contribution in [0, 0.1) is 0 Å². The van der Waals surface area contributed by atoms with Crippen LogP contribution < -0.4 is 5.32 Å². The highest BCUT2D eigenvalue weighted by Crippen LogP contribution is 2.44. The number of ether oxygens (including phenoxy) is 1. The van der Waals surface area contributed by atoms with Crippen LogP contribution in [-0.2, 0) is 4.74 Å². The van der Waals surface area contributed by atoms with Crippen molar-refractivity contribution in [1.82, 2.24) is 10.2 Å². The Morgan fingerprint density at radius 3 is 2.50 bits per heavy atom. The van der Waals surface area contributed by atoms with Crippen LogP contribution in [-0.4, -0.2) is 48.9 Å². The van der Waals surface area contributed by atoms with Gasteiger partial charge in [0.15, 0.2) is 0 Å². The first-order valence-electron chi connectivity index (χ1n) is 9.19. The lowest BCUT2D eigenvalue weighted by Crippen LogP contribution is -2.44. The van der Waals surface area contributed by atoms with Crippen molar-refractivity contribution in [2.24, 2.45) is 0 Å². The zero-order valence-corrected chi connectivity index (χ0v) is 14.5. The molecular formula is C21H21FN2O2. The van der Waals surface area contributed by atoms with Gasteiger partial charge in [0.25, 0.3) is 0 Å². The summed E-state index contributed by atoms with van der Waals surface area (Å²) in [5.41, 5.74) is 3.47. The SMILES string of the molecule is O=C(OCC1c2ccccc2-c2ccccc21)N1CC[C@]2(F)CNC[C@H]12. The molecular weight excluding hydrogens is 331 g/mol. The molecule has 0 unspecified atom stereocenters. The summed E-state index contributed by atoms with van der Waals surface area (Å²) in [5.74, 6) is 0.0331. The van der Waals surface area contributed by atoms with Crippen molar-refractivity contribution in [2.45, 2.75) is 24.0 Å². The molecule has 0 saturated carbocycles. The monoisotopic (exact) mass is 352 g/mol. The number of hydrogen-bond donors (Lipinski definition) is 1. The maximum Gasteiger partial charge on any atom is 0.410 e. The van der Waals surface area contributed by atoms with Gasteiger partial charge in [0.1, 0.15) is 12.3 Å². The number of nitrogens with zero attached hydrogens (tertiary/aromatic N) is 1. The van der Waals surface area contributed by atoms with Gasteiger partial charge in [0.05, 0.1) is 6.04 Å². The number of fused-ring (bicyclic) bond motifs is 4. The second-order valence-corrected chi connectivity index (χ2v) is 7.43. The van der Waals surface area contributed by atoms with Gasteiger partial charge in [-0.3, -0.25) is 0 Å². The van der Waals surface area contributed by atoms with Gasteiger partial charge in [-0.15, -0.1) is 0 Å². The molecule has 0 radical (unpaired) electrons. The molecule has 0 spiro atoms. The summed E-state index contributed by atoms with van der Waals surface area (Å²) in [4.78, 5) is 14.2. The summed E-state index contributed by atoms with van der Waals surface area (Å²) < 4.78 is 20.4. The molecule has 2 aromatic rings. The Labute approximate surface area is 152 Å². The fourth-order valence-corrected chi connectivity index (χ4v) is 4.72. The molecule has 2 aromatic carbocycles. The van der Waals surface area contributed by atoms with Crippen molar-refractivity contribution in [1.29, 1.82) is 0 Å². The Morgan fingerprint density at radius 1 is 1.15 bits per heavy atom. The zero-order chi connectivity index (χ0) is 17.7. The highest BCUT2D eigenvalue weighted by Gasteiger charge is 2.53. The van der Waals surface area contributed by atoms with Gasteiger partial charge < -0.3 is 15.0 Å². The molecule has 3 aliphatic rings. The van der Waals surface area contributed by atoms with Gasteiger partial charge in [-0.1, -0.05) is 48.5 Å². The van der Waals surface area contributed by atoms with E-state index < -0.39 is 17.8 Å². The van der Waals surface area contributed by atoms with Crippen molar-refractivity contribution < 1.29 is 13.9 Å². The maximum atomic E-state index is 14.7. The van der Waals surface area contributed by atoms with Gasteiger partial charge in [-0.2, -0.15) is 0 Å². The van der Waals surface area contributed by atoms with Gasteiger partial charge in [0, 0.05) is 32.0 Å². The van der Waals surface area contributed by atoms with Crippen LogP contribution in [0.5, 0.6) is 0 Å². The van der Waals surface area contributed by atoms with Crippen LogP contribution in [0.3, 0.4) is 0 Å². The lowest BCUT2D eigenvalue weighted by atomic mass is 9.98. The molecule has 2 heterocycles. The van der Waals surface area contributed by atoms with Crippen molar-refractivity contribution in [3.63, 3.8) is 0 Å². The van der Waals surface area contributed by atoms with Crippen LogP contribution in [0.2, 0.25) is 0 Å². The number of alkyl halides is 1. The second kappa shape index (κ2) is 5.81. The predicted octanol–water partition coefficient (Wildman–Crippen LogP) is 3.32. The Kier molecular flexibility index (Phi) is 3.54. The first kappa shape index (κ1) is 15.8. The van der Waals surface area contributed by atoms with E-state index in [-0.39, 0.29) is 12.5 Å². The Morgan fingerprint density at radius 2 is 1.81 bits per heavy atom. The van der Waals surface area contributed by atoms with E-state index in [0.717, 1.165) is 0 Å². The number of likely N-dealkylation sites (tertiary alicyclic amines) is 1. The minimum absolute atomic E-state index is 0.0331. The van der Waals surface area contributed by atoms with Crippen LogP contribution in [0.4, 0.5) is 9.18 Å². The summed E-state index contributed by atoms with van der Waals surface area (Å²) in [6.45, 7) is 1.54. The van der Waals surface area contributed by atoms with E-state index in [0.29, 0.717) is 26.1 Å². The van der Waals surface area contributed by atoms with E-state index in [9.17, 15) is 9.18 Å². The Bertz CT molecular complexity index is 825. The minimum atomic E-state index is -1.30. The molecule has 0 aromatic heterocycles. The van der Waals surface area contributed by atoms with Crippen LogP contribution in [0.25, 0.3) is 11.1 Å². The first-order valence-corrected chi connectivity index (χ1v) is 9.19. The largest absolute Gasteiger partial charge is 0.448 e. The quantitative estimate of drug-likeness (QED) is 0.901. The number of carbonyl (C=O) groups is 1. The van der Waals surface area contributed by atoms with Crippen molar-refractivity contribution in [3.05, 3.63) is 59.7 Å². The summed E-state index contributed by atoms with van der Waals surface area (Å²) >= 11 is 0. The normalized spacial score (nSPS) is 26.5. The van der Waals surface area contributed by atoms with E-state index in [1.54, 1.807) is 4.90 Å². The smallest absolute Gasteiger partial charge is 0.410 e. The number of benzene rings is 2. The molecule has 1 N–H and O–H groups in total. The molecule has 26 heavy (non-hydrogen) atoms. The molecule has 0 bridgehead atoms. The van der Waals surface area contributed by atoms with Gasteiger partial charge >= 0.3 is 6.09 Å². The number of nitrogens with one attached hydrogen (secondary N) is 1. The fraction of sp³-hybridized carbons (Fsp3) is 0.381. The molecule has 5 heteroatoms. The average molecular weight is 352 g/mol. The molecule has 2 fully saturated rings. The first-order chi connectivity index (χ1) is 12.7. The summed E-state index contributed by atoms with van der Waals surface area (Å²) in [5, 5.41) is 3.05. The van der Waals surface area contributed by atoms with Gasteiger partial charge in [0.2, 0.25) is 0 Å². The van der Waals surface area contributed by atoms with E-state index >= 15 is 0 Å². The molecule has 2 atom stereocenters. The summed E-state index contributed by atoms with van der Waals surface area (Å²) in [6, 6.07) is 16.1. The average Bonchev–Trinajstić information content (AvgIpc) is 3.29. The lowest BCUT2D eigenvalue weighted by molar-refractivity contribution is 0.0821. The van der Waals surface area contributed by atoms with E-state index in [4.69, 9.17) is 4.74 Å². The fourth-order valence-electron chi connectivity index (χ4n) is 4.72. The number of hydrogen-bond acceptors (Lipinski definition) is 3. The van der Waals surface area contributed by atoms with Gasteiger partial charge in [-0.25, -0.2) is 9.18 Å². The summed E-state index contributed by atoms with van der Waals surface area (Å²) in [7, 11) is 0. The maximum absolute atomic E-state index is 14.7. The number of carbonyl (C=O) groups excluding carboxylic acids is 1. The Balaban J connectivity index is 1.35. The van der Waals surface area contributed by atoms with Crippen molar-refractivity contribution in [2.75, 3.05) is 26.2 Å². The molecule has 1 amide bonds. The van der Waals surface area contributed by atoms with Crippen molar-refractivity contribution >= 4 is 6.09 Å². The van der Waals surface area contributed by atoms with Crippen LogP contribution >= 0.6 is 0 Å². The number of rotatable bonds is 2. The highest BCUT2D eigenvalue weighted by molar-refractivity contribution is 5.79. The topological polar surface area (TPSA) is 41.6 Å². The van der Waals surface area contributed by atoms with E-state index in [1.807, 2.05) is 24.3 Å².